The summed E-state index contributed by atoms with van der Waals surface area (Å²) < 4.78 is 5.64. The van der Waals surface area contributed by atoms with Crippen molar-refractivity contribution in [3.63, 3.8) is 0 Å². The molecule has 2 aliphatic rings. The number of likely N-dealkylation sites (tertiary alicyclic amines) is 1. The van der Waals surface area contributed by atoms with Crippen LogP contribution >= 0.6 is 24.0 Å². The van der Waals surface area contributed by atoms with Gasteiger partial charge in [-0.3, -0.25) is 9.79 Å². The molecule has 2 N–H and O–H groups in total. The monoisotopic (exact) mass is 528 g/mol. The Morgan fingerprint density at radius 1 is 1.27 bits per heavy atom. The van der Waals surface area contributed by atoms with Crippen molar-refractivity contribution in [1.29, 1.82) is 0 Å². The van der Waals surface area contributed by atoms with Crippen molar-refractivity contribution in [3.8, 4) is 0 Å². The molecule has 0 aliphatic carbocycles. The maximum atomic E-state index is 12.3. The van der Waals surface area contributed by atoms with E-state index in [1.165, 1.54) is 5.56 Å². The maximum Gasteiger partial charge on any atom is 0.225 e. The number of carbonyl (C=O) groups is 1. The number of hydrogen-bond donors (Lipinski definition) is 2. The highest BCUT2D eigenvalue weighted by Gasteiger charge is 2.34. The largest absolute Gasteiger partial charge is 0.381 e. The second-order valence-corrected chi connectivity index (χ2v) is 8.52. The van der Waals surface area contributed by atoms with Gasteiger partial charge < -0.3 is 20.3 Å². The predicted octanol–water partition coefficient (Wildman–Crippen LogP) is 3.16. The lowest BCUT2D eigenvalue weighted by Crippen LogP contribution is -2.46. The van der Waals surface area contributed by atoms with E-state index in [0.29, 0.717) is 0 Å². The van der Waals surface area contributed by atoms with Gasteiger partial charge in [0.25, 0.3) is 0 Å². The minimum absolute atomic E-state index is 0. The van der Waals surface area contributed by atoms with Crippen LogP contribution in [0.1, 0.15) is 45.6 Å². The molecular weight excluding hydrogens is 491 g/mol. The van der Waals surface area contributed by atoms with Crippen LogP contribution < -0.4 is 10.6 Å². The zero-order valence-electron chi connectivity index (χ0n) is 18.5. The van der Waals surface area contributed by atoms with E-state index in [0.717, 1.165) is 64.6 Å². The molecule has 2 fully saturated rings. The van der Waals surface area contributed by atoms with Crippen LogP contribution in [0.25, 0.3) is 0 Å². The van der Waals surface area contributed by atoms with E-state index in [1.807, 2.05) is 18.7 Å². The Balaban J connectivity index is 0.00000320. The summed E-state index contributed by atoms with van der Waals surface area (Å²) in [5, 5.41) is 6.95. The van der Waals surface area contributed by atoms with Crippen LogP contribution in [0.2, 0.25) is 0 Å². The summed E-state index contributed by atoms with van der Waals surface area (Å²) in [7, 11) is 0. The van der Waals surface area contributed by atoms with Gasteiger partial charge in [0, 0.05) is 50.2 Å². The molecule has 0 saturated carbocycles. The van der Waals surface area contributed by atoms with Gasteiger partial charge in [0.1, 0.15) is 0 Å². The first-order valence-corrected chi connectivity index (χ1v) is 11.0. The van der Waals surface area contributed by atoms with Gasteiger partial charge in [-0.25, -0.2) is 0 Å². The van der Waals surface area contributed by atoms with Gasteiger partial charge in [-0.2, -0.15) is 0 Å². The van der Waals surface area contributed by atoms with E-state index in [2.05, 4.69) is 47.9 Å². The summed E-state index contributed by atoms with van der Waals surface area (Å²) in [5.74, 6) is 1.13. The maximum absolute atomic E-state index is 12.3. The highest BCUT2D eigenvalue weighted by molar-refractivity contribution is 14.0. The van der Waals surface area contributed by atoms with E-state index in [1.54, 1.807) is 0 Å². The van der Waals surface area contributed by atoms with Crippen LogP contribution in [0.3, 0.4) is 0 Å². The lowest BCUT2D eigenvalue weighted by atomic mass is 9.74. The number of carbonyl (C=O) groups excluding carboxylic acids is 1. The van der Waals surface area contributed by atoms with Gasteiger partial charge in [0.15, 0.2) is 5.96 Å². The molecule has 1 aromatic carbocycles. The molecule has 0 spiro atoms. The highest BCUT2D eigenvalue weighted by atomic mass is 127. The van der Waals surface area contributed by atoms with Crippen LogP contribution in [0.5, 0.6) is 0 Å². The molecule has 3 rings (SSSR count). The van der Waals surface area contributed by atoms with Crippen LogP contribution in [0.15, 0.2) is 35.3 Å². The fraction of sp³-hybridized carbons (Fsp3) is 0.652. The van der Waals surface area contributed by atoms with E-state index in [-0.39, 0.29) is 47.3 Å². The number of hydrogen-bond acceptors (Lipinski definition) is 3. The Morgan fingerprint density at radius 2 is 1.97 bits per heavy atom. The van der Waals surface area contributed by atoms with Gasteiger partial charge in [-0.15, -0.1) is 24.0 Å². The van der Waals surface area contributed by atoms with Crippen molar-refractivity contribution >= 4 is 35.8 Å². The molecule has 2 heterocycles. The molecule has 0 radical (unpaired) electrons. The molecular formula is C23H37IN4O2. The summed E-state index contributed by atoms with van der Waals surface area (Å²) in [5.41, 5.74) is 1.37. The first-order chi connectivity index (χ1) is 14.0. The third kappa shape index (κ3) is 6.33. The standard InChI is InChI=1S/C23H36N4O2.HI/c1-4-24-22(26-20-10-13-27(16-20)21(28)18(2)3)25-17-23(11-14-29-15-12-23)19-8-6-5-7-9-19;/h5-9,18,20H,4,10-17H2,1-3H3,(H2,24,25,26);1H. The summed E-state index contributed by atoms with van der Waals surface area (Å²) in [6.07, 6.45) is 2.93. The summed E-state index contributed by atoms with van der Waals surface area (Å²) >= 11 is 0. The fourth-order valence-electron chi connectivity index (χ4n) is 4.28. The Kier molecular flexibility index (Phi) is 9.87. The Morgan fingerprint density at radius 3 is 2.60 bits per heavy atom. The van der Waals surface area contributed by atoms with Crippen LogP contribution in [-0.2, 0) is 14.9 Å². The number of ether oxygens (including phenoxy) is 1. The number of amides is 1. The normalized spacial score (nSPS) is 21.3. The third-order valence-corrected chi connectivity index (χ3v) is 6.05. The van der Waals surface area contributed by atoms with E-state index >= 15 is 0 Å². The molecule has 168 valence electrons. The Labute approximate surface area is 198 Å². The van der Waals surface area contributed by atoms with Crippen molar-refractivity contribution in [2.75, 3.05) is 39.4 Å². The Hall–Kier alpha value is -1.35. The molecule has 7 heteroatoms. The zero-order valence-corrected chi connectivity index (χ0v) is 20.9. The molecule has 2 aliphatic heterocycles. The second kappa shape index (κ2) is 11.9. The van der Waals surface area contributed by atoms with Crippen molar-refractivity contribution in [2.45, 2.75) is 51.5 Å². The van der Waals surface area contributed by atoms with E-state index in [9.17, 15) is 4.79 Å². The number of rotatable bonds is 6. The Bertz CT molecular complexity index is 690. The second-order valence-electron chi connectivity index (χ2n) is 8.52. The van der Waals surface area contributed by atoms with Crippen LogP contribution in [-0.4, -0.2) is 62.2 Å². The molecule has 1 amide bonds. The first kappa shape index (κ1) is 24.9. The van der Waals surface area contributed by atoms with Crippen molar-refractivity contribution in [3.05, 3.63) is 35.9 Å². The van der Waals surface area contributed by atoms with Crippen LogP contribution in [0, 0.1) is 5.92 Å². The fourth-order valence-corrected chi connectivity index (χ4v) is 4.28. The number of aliphatic imine (C=N–C) groups is 1. The molecule has 2 saturated heterocycles. The topological polar surface area (TPSA) is 66.0 Å². The van der Waals surface area contributed by atoms with Gasteiger partial charge >= 0.3 is 0 Å². The van der Waals surface area contributed by atoms with Gasteiger partial charge in [0.2, 0.25) is 5.91 Å². The minimum atomic E-state index is 0. The number of nitrogens with zero attached hydrogens (tertiary/aromatic N) is 2. The molecule has 0 aromatic heterocycles. The SMILES string of the molecule is CCNC(=NCC1(c2ccccc2)CCOCC1)NC1CCN(C(=O)C(C)C)C1.I. The average molecular weight is 528 g/mol. The smallest absolute Gasteiger partial charge is 0.225 e. The van der Waals surface area contributed by atoms with Crippen molar-refractivity contribution in [2.24, 2.45) is 10.9 Å². The highest BCUT2D eigenvalue weighted by Crippen LogP contribution is 2.35. The summed E-state index contributed by atoms with van der Waals surface area (Å²) in [6, 6.07) is 11.0. The van der Waals surface area contributed by atoms with E-state index < -0.39 is 0 Å². The van der Waals surface area contributed by atoms with Crippen molar-refractivity contribution in [1.82, 2.24) is 15.5 Å². The molecule has 0 bridgehead atoms. The molecule has 6 nitrogen and oxygen atoms in total. The summed E-state index contributed by atoms with van der Waals surface area (Å²) in [4.78, 5) is 19.2. The third-order valence-electron chi connectivity index (χ3n) is 6.05. The average Bonchev–Trinajstić information content (AvgIpc) is 3.21. The van der Waals surface area contributed by atoms with Gasteiger partial charge in [-0.05, 0) is 31.7 Å². The number of guanidine groups is 1. The van der Waals surface area contributed by atoms with Gasteiger partial charge in [0.05, 0.1) is 6.54 Å². The molecule has 1 unspecified atom stereocenters. The number of benzene rings is 1. The zero-order chi connectivity index (χ0) is 20.7. The lowest BCUT2D eigenvalue weighted by molar-refractivity contribution is -0.133. The van der Waals surface area contributed by atoms with Crippen molar-refractivity contribution < 1.29 is 9.53 Å². The summed E-state index contributed by atoms with van der Waals surface area (Å²) in [6.45, 7) is 10.7. The van der Waals surface area contributed by atoms with Gasteiger partial charge in [-0.1, -0.05) is 44.2 Å². The minimum Gasteiger partial charge on any atom is -0.381 e. The quantitative estimate of drug-likeness (QED) is 0.338. The molecule has 1 atom stereocenters. The molecule has 30 heavy (non-hydrogen) atoms. The number of halogens is 1. The van der Waals surface area contributed by atoms with Crippen LogP contribution in [0.4, 0.5) is 0 Å². The first-order valence-electron chi connectivity index (χ1n) is 11.0. The van der Waals surface area contributed by atoms with E-state index in [4.69, 9.17) is 9.73 Å². The lowest BCUT2D eigenvalue weighted by Gasteiger charge is -2.36. The molecule has 1 aromatic rings. The predicted molar refractivity (Wildman–Crippen MR) is 133 cm³/mol. The number of nitrogens with one attached hydrogen (secondary N) is 2.